The van der Waals surface area contributed by atoms with Crippen LogP contribution in [0.2, 0.25) is 0 Å². The maximum atomic E-state index is 13.0. The number of phenolic OH excluding ortho intramolecular Hbond substituents is 1. The number of phenols is 1. The minimum absolute atomic E-state index is 0.00167. The van der Waals surface area contributed by atoms with E-state index in [1.807, 2.05) is 42.3 Å². The van der Waals surface area contributed by atoms with Gasteiger partial charge in [-0.2, -0.15) is 9.78 Å². The third-order valence-corrected chi connectivity index (χ3v) is 5.14. The Labute approximate surface area is 204 Å². The van der Waals surface area contributed by atoms with E-state index in [0.29, 0.717) is 11.3 Å². The molecule has 0 aliphatic carbocycles. The summed E-state index contributed by atoms with van der Waals surface area (Å²) in [6, 6.07) is 12.6. The number of ether oxygens (including phenoxy) is 2. The van der Waals surface area contributed by atoms with E-state index in [4.69, 9.17) is 15.2 Å². The summed E-state index contributed by atoms with van der Waals surface area (Å²) in [5.41, 5.74) is 10.1. The summed E-state index contributed by atoms with van der Waals surface area (Å²) in [6.45, 7) is 0.224. The molecule has 2 aromatic heterocycles. The molecule has 36 heavy (non-hydrogen) atoms. The number of carbonyl (C=O) groups is 1. The van der Waals surface area contributed by atoms with Crippen LogP contribution in [0.25, 0.3) is 5.82 Å². The molecule has 0 saturated heterocycles. The van der Waals surface area contributed by atoms with E-state index in [-0.39, 0.29) is 41.1 Å². The molecular weight excluding hydrogens is 470 g/mol. The number of benzene rings is 2. The maximum Gasteiger partial charge on any atom is 0.293 e. The first-order valence-corrected chi connectivity index (χ1v) is 10.5. The fraction of sp³-hybridized carbons (Fsp3) is 0.182. The van der Waals surface area contributed by atoms with Crippen LogP contribution in [0.4, 0.5) is 11.5 Å². The van der Waals surface area contributed by atoms with Gasteiger partial charge in [0, 0.05) is 18.3 Å². The number of rotatable bonds is 9. The van der Waals surface area contributed by atoms with E-state index in [1.54, 1.807) is 0 Å². The summed E-state index contributed by atoms with van der Waals surface area (Å²) in [5, 5.41) is 29.4. The van der Waals surface area contributed by atoms with Crippen molar-refractivity contribution < 1.29 is 24.0 Å². The lowest BCUT2D eigenvalue weighted by Crippen LogP contribution is -2.24. The molecule has 186 valence electrons. The zero-order valence-corrected chi connectivity index (χ0v) is 19.6. The predicted octanol–water partition coefficient (Wildman–Crippen LogP) is 1.36. The minimum Gasteiger partial charge on any atom is -0.502 e. The van der Waals surface area contributed by atoms with Crippen LogP contribution in [-0.2, 0) is 6.54 Å². The number of hydrogen-bond acceptors (Lipinski definition) is 12. The molecule has 2 aromatic carbocycles. The van der Waals surface area contributed by atoms with E-state index in [9.17, 15) is 9.90 Å². The molecular formula is C22H23N9O5. The smallest absolute Gasteiger partial charge is 0.293 e. The van der Waals surface area contributed by atoms with Crippen molar-refractivity contribution in [3.8, 4) is 23.1 Å². The molecule has 14 nitrogen and oxygen atoms in total. The second-order valence-electron chi connectivity index (χ2n) is 7.43. The highest BCUT2D eigenvalue weighted by Gasteiger charge is 2.25. The van der Waals surface area contributed by atoms with Gasteiger partial charge in [0.25, 0.3) is 5.91 Å². The molecule has 14 heteroatoms. The van der Waals surface area contributed by atoms with Crippen molar-refractivity contribution in [2.45, 2.75) is 6.54 Å². The van der Waals surface area contributed by atoms with Crippen LogP contribution in [0.3, 0.4) is 0 Å². The molecule has 4 rings (SSSR count). The van der Waals surface area contributed by atoms with Crippen LogP contribution >= 0.6 is 0 Å². The summed E-state index contributed by atoms with van der Waals surface area (Å²) in [5.74, 6) is -0.299. The standard InChI is InChI=1S/C22H23N9O5/c1-30(14-7-5-4-6-8-14)12-15-18(25-29-31(15)21-20(23)27-36-28-21)22(33)26-24-11-13-9-16(34-2)19(32)17(10-13)35-3/h4-11,32H,12H2,1-3H3,(H2,23,27)(H,26,33)/b24-11-. The van der Waals surface area contributed by atoms with Gasteiger partial charge in [0.15, 0.2) is 17.2 Å². The highest BCUT2D eigenvalue weighted by molar-refractivity contribution is 5.94. The lowest BCUT2D eigenvalue weighted by atomic mass is 10.2. The summed E-state index contributed by atoms with van der Waals surface area (Å²) in [7, 11) is 4.67. The Bertz CT molecular complexity index is 1360. The Kier molecular flexibility index (Phi) is 6.95. The number of anilines is 2. The fourth-order valence-corrected chi connectivity index (χ4v) is 3.33. The van der Waals surface area contributed by atoms with Crippen LogP contribution in [0.15, 0.2) is 52.2 Å². The lowest BCUT2D eigenvalue weighted by molar-refractivity contribution is 0.0949. The molecule has 0 radical (unpaired) electrons. The summed E-state index contributed by atoms with van der Waals surface area (Å²) < 4.78 is 16.2. The van der Waals surface area contributed by atoms with Gasteiger partial charge in [-0.15, -0.1) is 5.10 Å². The highest BCUT2D eigenvalue weighted by atomic mass is 16.6. The average molecular weight is 493 g/mol. The SMILES string of the molecule is COc1cc(/C=N\NC(=O)c2nnn(-c3nonc3N)c2CN(C)c2ccccc2)cc(OC)c1O. The van der Waals surface area contributed by atoms with Crippen molar-refractivity contribution in [3.63, 3.8) is 0 Å². The van der Waals surface area contributed by atoms with Crippen LogP contribution in [0.5, 0.6) is 17.2 Å². The molecule has 1 amide bonds. The number of nitrogens with zero attached hydrogens (tertiary/aromatic N) is 7. The summed E-state index contributed by atoms with van der Waals surface area (Å²) in [6.07, 6.45) is 1.36. The Morgan fingerprint density at radius 1 is 1.22 bits per heavy atom. The molecule has 4 aromatic rings. The molecule has 2 heterocycles. The third kappa shape index (κ3) is 4.86. The second kappa shape index (κ2) is 10.4. The number of nitrogens with one attached hydrogen (secondary N) is 1. The Balaban J connectivity index is 1.61. The maximum absolute atomic E-state index is 13.0. The van der Waals surface area contributed by atoms with E-state index in [2.05, 4.69) is 35.8 Å². The van der Waals surface area contributed by atoms with Crippen LogP contribution in [-0.4, -0.2) is 63.8 Å². The summed E-state index contributed by atoms with van der Waals surface area (Å²) in [4.78, 5) is 14.9. The lowest BCUT2D eigenvalue weighted by Gasteiger charge is -2.19. The van der Waals surface area contributed by atoms with E-state index >= 15 is 0 Å². The second-order valence-corrected chi connectivity index (χ2v) is 7.43. The molecule has 0 aliphatic heterocycles. The number of amides is 1. The van der Waals surface area contributed by atoms with E-state index in [1.165, 1.54) is 37.2 Å². The number of hydrazone groups is 1. The number of carbonyl (C=O) groups excluding carboxylic acids is 1. The predicted molar refractivity (Wildman–Crippen MR) is 128 cm³/mol. The van der Waals surface area contributed by atoms with E-state index in [0.717, 1.165) is 5.69 Å². The Morgan fingerprint density at radius 3 is 2.53 bits per heavy atom. The van der Waals surface area contributed by atoms with Crippen LogP contribution in [0, 0.1) is 0 Å². The first-order valence-electron chi connectivity index (χ1n) is 10.5. The van der Waals surface area contributed by atoms with Gasteiger partial charge in [0.2, 0.25) is 17.4 Å². The van der Waals surface area contributed by atoms with Gasteiger partial charge in [-0.05, 0) is 34.6 Å². The molecule has 0 bridgehead atoms. The van der Waals surface area contributed by atoms with Gasteiger partial charge in [-0.1, -0.05) is 23.4 Å². The van der Waals surface area contributed by atoms with Crippen molar-refractivity contribution in [3.05, 3.63) is 59.4 Å². The summed E-state index contributed by atoms with van der Waals surface area (Å²) >= 11 is 0. The van der Waals surface area contributed by atoms with Gasteiger partial charge >= 0.3 is 0 Å². The van der Waals surface area contributed by atoms with Crippen molar-refractivity contribution in [1.29, 1.82) is 0 Å². The molecule has 0 atom stereocenters. The zero-order chi connectivity index (χ0) is 25.7. The van der Waals surface area contributed by atoms with Crippen molar-refractivity contribution in [2.75, 3.05) is 31.9 Å². The number of hydrogen-bond donors (Lipinski definition) is 3. The van der Waals surface area contributed by atoms with Crippen molar-refractivity contribution in [1.82, 2.24) is 30.7 Å². The van der Waals surface area contributed by atoms with Gasteiger partial charge in [-0.25, -0.2) is 10.1 Å². The molecule has 0 spiro atoms. The largest absolute Gasteiger partial charge is 0.502 e. The Hall–Kier alpha value is -5.14. The minimum atomic E-state index is -0.623. The first kappa shape index (κ1) is 24.0. The number of nitrogen functional groups attached to an aromatic ring is 1. The highest BCUT2D eigenvalue weighted by Crippen LogP contribution is 2.36. The van der Waals surface area contributed by atoms with Gasteiger partial charge < -0.3 is 25.2 Å². The van der Waals surface area contributed by atoms with Crippen molar-refractivity contribution >= 4 is 23.6 Å². The first-order chi connectivity index (χ1) is 17.4. The molecule has 0 saturated carbocycles. The monoisotopic (exact) mass is 493 g/mol. The topological polar surface area (TPSA) is 179 Å². The number of nitrogens with two attached hydrogens (primary N) is 1. The normalized spacial score (nSPS) is 11.0. The molecule has 0 aliphatic rings. The Morgan fingerprint density at radius 2 is 1.92 bits per heavy atom. The van der Waals surface area contributed by atoms with Gasteiger partial charge in [0.05, 0.1) is 32.7 Å². The average Bonchev–Trinajstić information content (AvgIpc) is 3.50. The number of aromatic hydroxyl groups is 1. The fourth-order valence-electron chi connectivity index (χ4n) is 3.33. The number of methoxy groups -OCH3 is 2. The zero-order valence-electron chi connectivity index (χ0n) is 19.6. The van der Waals surface area contributed by atoms with Crippen molar-refractivity contribution in [2.24, 2.45) is 5.10 Å². The third-order valence-electron chi connectivity index (χ3n) is 5.14. The van der Waals surface area contributed by atoms with Gasteiger partial charge in [0.1, 0.15) is 0 Å². The molecule has 0 fully saturated rings. The molecule has 4 N–H and O–H groups in total. The molecule has 0 unspecified atom stereocenters. The quantitative estimate of drug-likeness (QED) is 0.226. The number of para-hydroxylation sites is 1. The van der Waals surface area contributed by atoms with Gasteiger partial charge in [-0.3, -0.25) is 4.79 Å². The number of aromatic nitrogens is 5. The van der Waals surface area contributed by atoms with Crippen LogP contribution in [0.1, 0.15) is 21.7 Å². The van der Waals surface area contributed by atoms with Crippen LogP contribution < -0.4 is 25.5 Å². The van der Waals surface area contributed by atoms with E-state index < -0.39 is 5.91 Å².